The van der Waals surface area contributed by atoms with Crippen LogP contribution >= 0.6 is 0 Å². The van der Waals surface area contributed by atoms with Crippen LogP contribution in [0.25, 0.3) is 0 Å². The number of nitrogens with one attached hydrogen (secondary N) is 1. The third-order valence-corrected chi connectivity index (χ3v) is 4.84. The maximum atomic E-state index is 12.7. The molecule has 22 heavy (non-hydrogen) atoms. The Bertz CT molecular complexity index is 455. The molecule has 3 rings (SSSR count). The zero-order chi connectivity index (χ0) is 15.9. The lowest BCUT2D eigenvalue weighted by molar-refractivity contribution is -0.157. The molecular weight excluding hydrogens is 299 g/mol. The van der Waals surface area contributed by atoms with Crippen molar-refractivity contribution in [1.82, 2.24) is 15.1 Å². The number of hydrogen-bond acceptors (Lipinski definition) is 3. The van der Waals surface area contributed by atoms with Crippen molar-refractivity contribution < 1.29 is 22.8 Å². The molecule has 0 radical (unpaired) electrons. The molecule has 0 aromatic carbocycles. The van der Waals surface area contributed by atoms with Gasteiger partial charge in [-0.25, -0.2) is 0 Å². The van der Waals surface area contributed by atoms with Crippen LogP contribution in [0.3, 0.4) is 0 Å². The third-order valence-electron chi connectivity index (χ3n) is 4.84. The van der Waals surface area contributed by atoms with Crippen molar-refractivity contribution in [2.45, 2.75) is 43.9 Å². The average molecular weight is 319 g/mol. The Kier molecular flexibility index (Phi) is 4.05. The van der Waals surface area contributed by atoms with Crippen LogP contribution in [-0.4, -0.2) is 66.1 Å². The van der Waals surface area contributed by atoms with E-state index in [1.807, 2.05) is 4.90 Å². The first-order valence-corrected chi connectivity index (χ1v) is 7.72. The molecule has 3 unspecified atom stereocenters. The van der Waals surface area contributed by atoms with Crippen molar-refractivity contribution in [1.29, 1.82) is 0 Å². The first-order chi connectivity index (χ1) is 10.3. The van der Waals surface area contributed by atoms with Gasteiger partial charge in [-0.15, -0.1) is 0 Å². The maximum Gasteiger partial charge on any atom is 0.406 e. The summed E-state index contributed by atoms with van der Waals surface area (Å²) in [6, 6.07) is 0.283. The van der Waals surface area contributed by atoms with Gasteiger partial charge in [-0.2, -0.15) is 13.2 Å². The molecule has 124 valence electrons. The van der Waals surface area contributed by atoms with Gasteiger partial charge in [0.05, 0.1) is 5.92 Å². The number of nitrogens with zero attached hydrogens (tertiary/aromatic N) is 2. The molecule has 3 aliphatic heterocycles. The molecule has 3 atom stereocenters. The van der Waals surface area contributed by atoms with Crippen molar-refractivity contribution >= 4 is 11.8 Å². The van der Waals surface area contributed by atoms with Gasteiger partial charge < -0.3 is 15.1 Å². The standard InChI is InChI=1S/C14H20F3N3O2/c15-14(16,17)8-19-7-9(5-12(19)21)13(22)20-10-1-2-11(20)6-18-4-3-10/h9-11,18H,1-8H2. The Morgan fingerprint density at radius 2 is 1.95 bits per heavy atom. The highest BCUT2D eigenvalue weighted by molar-refractivity contribution is 5.89. The van der Waals surface area contributed by atoms with E-state index in [-0.39, 0.29) is 31.0 Å². The van der Waals surface area contributed by atoms with Gasteiger partial charge in [0.25, 0.3) is 0 Å². The van der Waals surface area contributed by atoms with Gasteiger partial charge in [0, 0.05) is 31.6 Å². The third kappa shape index (κ3) is 3.06. The van der Waals surface area contributed by atoms with E-state index in [9.17, 15) is 22.8 Å². The monoisotopic (exact) mass is 319 g/mol. The van der Waals surface area contributed by atoms with Crippen LogP contribution in [0.4, 0.5) is 13.2 Å². The minimum atomic E-state index is -4.42. The Hall–Kier alpha value is -1.31. The van der Waals surface area contributed by atoms with E-state index in [4.69, 9.17) is 0 Å². The SMILES string of the molecule is O=C1CC(C(=O)N2C3CCNCC2CC3)CN1CC(F)(F)F. The van der Waals surface area contributed by atoms with E-state index in [0.29, 0.717) is 0 Å². The lowest BCUT2D eigenvalue weighted by atomic mass is 10.1. The minimum absolute atomic E-state index is 0.0989. The molecule has 0 saturated carbocycles. The Morgan fingerprint density at radius 3 is 2.68 bits per heavy atom. The van der Waals surface area contributed by atoms with Gasteiger partial charge in [0.15, 0.2) is 0 Å². The lowest BCUT2D eigenvalue weighted by Gasteiger charge is -2.30. The number of fused-ring (bicyclic) bond motifs is 2. The number of carbonyl (C=O) groups excluding carboxylic acids is 2. The van der Waals surface area contributed by atoms with Crippen LogP contribution in [0.5, 0.6) is 0 Å². The first-order valence-electron chi connectivity index (χ1n) is 7.72. The van der Waals surface area contributed by atoms with E-state index in [1.165, 1.54) is 0 Å². The molecule has 3 heterocycles. The van der Waals surface area contributed by atoms with Crippen LogP contribution < -0.4 is 5.32 Å². The van der Waals surface area contributed by atoms with E-state index in [1.54, 1.807) is 0 Å². The fourth-order valence-corrected chi connectivity index (χ4v) is 3.86. The summed E-state index contributed by atoms with van der Waals surface area (Å²) >= 11 is 0. The number of carbonyl (C=O) groups is 2. The molecule has 0 spiro atoms. The highest BCUT2D eigenvalue weighted by atomic mass is 19.4. The summed E-state index contributed by atoms with van der Waals surface area (Å²) in [5, 5.41) is 3.28. The van der Waals surface area contributed by atoms with Gasteiger partial charge in [-0.05, 0) is 25.8 Å². The number of amides is 2. The Morgan fingerprint density at radius 1 is 1.23 bits per heavy atom. The normalized spacial score (nSPS) is 32.5. The molecule has 5 nitrogen and oxygen atoms in total. The van der Waals surface area contributed by atoms with Crippen LogP contribution in [0, 0.1) is 5.92 Å². The topological polar surface area (TPSA) is 52.7 Å². The van der Waals surface area contributed by atoms with Crippen LogP contribution in [0.1, 0.15) is 25.7 Å². The number of alkyl halides is 3. The summed E-state index contributed by atoms with van der Waals surface area (Å²) in [7, 11) is 0. The summed E-state index contributed by atoms with van der Waals surface area (Å²) in [6.07, 6.45) is -1.77. The molecule has 8 heteroatoms. The van der Waals surface area contributed by atoms with Crippen LogP contribution in [0.15, 0.2) is 0 Å². The highest BCUT2D eigenvalue weighted by Gasteiger charge is 2.45. The predicted molar refractivity (Wildman–Crippen MR) is 71.9 cm³/mol. The summed E-state index contributed by atoms with van der Waals surface area (Å²) in [6.45, 7) is 0.217. The fraction of sp³-hybridized carbons (Fsp3) is 0.857. The quantitative estimate of drug-likeness (QED) is 0.817. The molecule has 1 N–H and O–H groups in total. The van der Waals surface area contributed by atoms with Gasteiger partial charge in [0.1, 0.15) is 6.54 Å². The number of halogens is 3. The van der Waals surface area contributed by atoms with E-state index < -0.39 is 24.5 Å². The zero-order valence-corrected chi connectivity index (χ0v) is 12.2. The van der Waals surface area contributed by atoms with E-state index in [0.717, 1.165) is 37.3 Å². The largest absolute Gasteiger partial charge is 0.406 e. The smallest absolute Gasteiger partial charge is 0.335 e. The minimum Gasteiger partial charge on any atom is -0.335 e. The predicted octanol–water partition coefficient (Wildman–Crippen LogP) is 0.750. The van der Waals surface area contributed by atoms with Gasteiger partial charge in [-0.3, -0.25) is 9.59 Å². The van der Waals surface area contributed by atoms with Gasteiger partial charge in [-0.1, -0.05) is 0 Å². The molecular formula is C14H20F3N3O2. The molecule has 2 amide bonds. The first kappa shape index (κ1) is 15.6. The van der Waals surface area contributed by atoms with Crippen molar-refractivity contribution in [2.75, 3.05) is 26.2 Å². The zero-order valence-electron chi connectivity index (χ0n) is 12.2. The summed E-state index contributed by atoms with van der Waals surface area (Å²) in [4.78, 5) is 27.1. The van der Waals surface area contributed by atoms with Crippen molar-refractivity contribution in [2.24, 2.45) is 5.92 Å². The van der Waals surface area contributed by atoms with Crippen molar-refractivity contribution in [3.63, 3.8) is 0 Å². The molecule has 2 bridgehead atoms. The summed E-state index contributed by atoms with van der Waals surface area (Å²) in [5.74, 6) is -1.35. The lowest BCUT2D eigenvalue weighted by Crippen LogP contribution is -2.46. The second kappa shape index (κ2) is 5.72. The molecule has 3 saturated heterocycles. The van der Waals surface area contributed by atoms with Crippen molar-refractivity contribution in [3.8, 4) is 0 Å². The second-order valence-electron chi connectivity index (χ2n) is 6.41. The molecule has 0 aromatic rings. The maximum absolute atomic E-state index is 12.7. The van der Waals surface area contributed by atoms with E-state index >= 15 is 0 Å². The second-order valence-corrected chi connectivity index (χ2v) is 6.41. The number of rotatable bonds is 2. The molecule has 3 aliphatic rings. The van der Waals surface area contributed by atoms with Gasteiger partial charge >= 0.3 is 6.18 Å². The number of hydrogen-bond donors (Lipinski definition) is 1. The Labute approximate surface area is 126 Å². The van der Waals surface area contributed by atoms with E-state index in [2.05, 4.69) is 5.32 Å². The fourth-order valence-electron chi connectivity index (χ4n) is 3.86. The average Bonchev–Trinajstić information content (AvgIpc) is 2.87. The highest BCUT2D eigenvalue weighted by Crippen LogP contribution is 2.32. The van der Waals surface area contributed by atoms with Crippen molar-refractivity contribution in [3.05, 3.63) is 0 Å². The number of likely N-dealkylation sites (tertiary alicyclic amines) is 1. The van der Waals surface area contributed by atoms with Crippen LogP contribution in [-0.2, 0) is 9.59 Å². The summed E-state index contributed by atoms with van der Waals surface area (Å²) in [5.41, 5.74) is 0. The molecule has 0 aromatic heterocycles. The van der Waals surface area contributed by atoms with Gasteiger partial charge in [0.2, 0.25) is 11.8 Å². The molecule has 3 fully saturated rings. The molecule has 0 aliphatic carbocycles. The summed E-state index contributed by atoms with van der Waals surface area (Å²) < 4.78 is 37.4. The van der Waals surface area contributed by atoms with Crippen LogP contribution in [0.2, 0.25) is 0 Å². The Balaban J connectivity index is 1.67.